The minimum Gasteiger partial charge on any atom is -0.335 e. The summed E-state index contributed by atoms with van der Waals surface area (Å²) in [6.45, 7) is 5.40. The van der Waals surface area contributed by atoms with Crippen LogP contribution >= 0.6 is 11.6 Å². The van der Waals surface area contributed by atoms with Crippen LogP contribution in [-0.2, 0) is 12.4 Å². The molecule has 2 aromatic rings. The van der Waals surface area contributed by atoms with Crippen LogP contribution in [0.15, 0.2) is 48.5 Å². The smallest absolute Gasteiger partial charge is 0.254 e. The first kappa shape index (κ1) is 15.6. The first-order valence-corrected chi connectivity index (χ1v) is 7.67. The van der Waals surface area contributed by atoms with Crippen molar-refractivity contribution in [2.45, 2.75) is 26.3 Å². The van der Waals surface area contributed by atoms with E-state index in [1.165, 1.54) is 11.1 Å². The molecule has 0 aliphatic heterocycles. The summed E-state index contributed by atoms with van der Waals surface area (Å²) in [5.41, 5.74) is 4.13. The topological polar surface area (TPSA) is 20.3 Å². The van der Waals surface area contributed by atoms with Crippen LogP contribution in [0.25, 0.3) is 0 Å². The van der Waals surface area contributed by atoms with E-state index in [0.717, 1.165) is 5.56 Å². The van der Waals surface area contributed by atoms with Gasteiger partial charge in [-0.3, -0.25) is 4.79 Å². The summed E-state index contributed by atoms with van der Waals surface area (Å²) in [4.78, 5) is 14.4. The highest BCUT2D eigenvalue weighted by molar-refractivity contribution is 6.17. The zero-order chi connectivity index (χ0) is 15.2. The number of halogens is 1. The van der Waals surface area contributed by atoms with Gasteiger partial charge in [0.25, 0.3) is 5.91 Å². The Morgan fingerprint density at radius 2 is 1.76 bits per heavy atom. The number of carbonyl (C=O) groups excluding carboxylic acids is 1. The van der Waals surface area contributed by atoms with E-state index in [0.29, 0.717) is 24.5 Å². The van der Waals surface area contributed by atoms with Gasteiger partial charge in [0.1, 0.15) is 0 Å². The Bertz CT molecular complexity index is 607. The van der Waals surface area contributed by atoms with Crippen LogP contribution in [0.2, 0.25) is 0 Å². The maximum Gasteiger partial charge on any atom is 0.254 e. The fourth-order valence-electron chi connectivity index (χ4n) is 2.24. The van der Waals surface area contributed by atoms with Crippen molar-refractivity contribution in [2.75, 3.05) is 6.54 Å². The number of hydrogen-bond acceptors (Lipinski definition) is 1. The van der Waals surface area contributed by atoms with Gasteiger partial charge in [0.15, 0.2) is 0 Å². The van der Waals surface area contributed by atoms with E-state index >= 15 is 0 Å². The summed E-state index contributed by atoms with van der Waals surface area (Å²) in [5.74, 6) is 0.525. The molecule has 0 N–H and O–H groups in total. The Kier molecular flexibility index (Phi) is 5.40. The second kappa shape index (κ2) is 7.28. The lowest BCUT2D eigenvalue weighted by atomic mass is 10.1. The number of alkyl halides is 1. The third kappa shape index (κ3) is 3.85. The summed E-state index contributed by atoms with van der Waals surface area (Å²) in [7, 11) is 0. The van der Waals surface area contributed by atoms with E-state index < -0.39 is 0 Å². The van der Waals surface area contributed by atoms with E-state index in [-0.39, 0.29) is 5.91 Å². The molecule has 2 aromatic carbocycles. The molecule has 0 saturated carbocycles. The first-order chi connectivity index (χ1) is 10.2. The Labute approximate surface area is 131 Å². The third-order valence-corrected chi connectivity index (χ3v) is 3.96. The number of rotatable bonds is 5. The minimum atomic E-state index is 0.0573. The van der Waals surface area contributed by atoms with Crippen LogP contribution in [0.4, 0.5) is 0 Å². The van der Waals surface area contributed by atoms with Crippen molar-refractivity contribution in [2.24, 2.45) is 0 Å². The van der Waals surface area contributed by atoms with Gasteiger partial charge in [0.05, 0.1) is 0 Å². The van der Waals surface area contributed by atoms with Crippen LogP contribution < -0.4 is 0 Å². The van der Waals surface area contributed by atoms with E-state index in [1.54, 1.807) is 0 Å². The lowest BCUT2D eigenvalue weighted by Crippen LogP contribution is -2.30. The lowest BCUT2D eigenvalue weighted by molar-refractivity contribution is 0.0752. The molecule has 0 spiro atoms. The number of hydrogen-bond donors (Lipinski definition) is 0. The molecule has 2 nitrogen and oxygen atoms in total. The van der Waals surface area contributed by atoms with Crippen LogP contribution in [0, 0.1) is 6.92 Å². The van der Waals surface area contributed by atoms with E-state index in [2.05, 4.69) is 19.1 Å². The van der Waals surface area contributed by atoms with Gasteiger partial charge in [-0.25, -0.2) is 0 Å². The van der Waals surface area contributed by atoms with Crippen LogP contribution in [-0.4, -0.2) is 17.4 Å². The molecule has 1 amide bonds. The molecule has 0 aliphatic rings. The maximum atomic E-state index is 12.6. The number of aryl methyl sites for hydroxylation is 1. The molecular formula is C18H20ClNO. The van der Waals surface area contributed by atoms with Gasteiger partial charge in [-0.15, -0.1) is 11.6 Å². The van der Waals surface area contributed by atoms with Crippen molar-refractivity contribution in [1.82, 2.24) is 4.90 Å². The molecule has 0 aliphatic carbocycles. The molecule has 0 fully saturated rings. The monoisotopic (exact) mass is 301 g/mol. The van der Waals surface area contributed by atoms with Gasteiger partial charge in [-0.05, 0) is 42.7 Å². The highest BCUT2D eigenvalue weighted by Crippen LogP contribution is 2.14. The number of amides is 1. The number of carbonyl (C=O) groups is 1. The molecule has 110 valence electrons. The maximum absolute atomic E-state index is 12.6. The largest absolute Gasteiger partial charge is 0.335 e. The highest BCUT2D eigenvalue weighted by atomic mass is 35.5. The van der Waals surface area contributed by atoms with Crippen LogP contribution in [0.1, 0.15) is 34.0 Å². The van der Waals surface area contributed by atoms with Crippen molar-refractivity contribution >= 4 is 17.5 Å². The standard InChI is InChI=1S/C18H20ClNO/c1-3-20(13-17-7-5-4-6-14(17)2)18(21)16-10-8-15(12-19)9-11-16/h4-11H,3,12-13H2,1-2H3. The number of nitrogens with zero attached hydrogens (tertiary/aromatic N) is 1. The molecule has 3 heteroatoms. The average molecular weight is 302 g/mol. The molecule has 21 heavy (non-hydrogen) atoms. The molecule has 0 saturated heterocycles. The fraction of sp³-hybridized carbons (Fsp3) is 0.278. The number of benzene rings is 2. The Morgan fingerprint density at radius 1 is 1.10 bits per heavy atom. The molecular weight excluding hydrogens is 282 g/mol. The SMILES string of the molecule is CCN(Cc1ccccc1C)C(=O)c1ccc(CCl)cc1. The highest BCUT2D eigenvalue weighted by Gasteiger charge is 2.15. The van der Waals surface area contributed by atoms with Crippen molar-refractivity contribution in [1.29, 1.82) is 0 Å². The van der Waals surface area contributed by atoms with Crippen LogP contribution in [0.5, 0.6) is 0 Å². The molecule has 0 atom stereocenters. The molecule has 0 bridgehead atoms. The Morgan fingerprint density at radius 3 is 2.33 bits per heavy atom. The first-order valence-electron chi connectivity index (χ1n) is 7.14. The van der Waals surface area contributed by atoms with E-state index in [9.17, 15) is 4.79 Å². The summed E-state index contributed by atoms with van der Waals surface area (Å²) < 4.78 is 0. The summed E-state index contributed by atoms with van der Waals surface area (Å²) in [5, 5.41) is 0. The zero-order valence-electron chi connectivity index (χ0n) is 12.5. The minimum absolute atomic E-state index is 0.0573. The molecule has 0 radical (unpaired) electrons. The zero-order valence-corrected chi connectivity index (χ0v) is 13.2. The van der Waals surface area contributed by atoms with Gasteiger partial charge < -0.3 is 4.90 Å². The fourth-order valence-corrected chi connectivity index (χ4v) is 2.42. The van der Waals surface area contributed by atoms with Gasteiger partial charge >= 0.3 is 0 Å². The average Bonchev–Trinajstić information content (AvgIpc) is 2.53. The molecule has 0 heterocycles. The molecule has 0 unspecified atom stereocenters. The van der Waals surface area contributed by atoms with Crippen molar-refractivity contribution in [3.8, 4) is 0 Å². The predicted octanol–water partition coefficient (Wildman–Crippen LogP) is 4.40. The summed E-state index contributed by atoms with van der Waals surface area (Å²) in [6, 6.07) is 15.7. The Hall–Kier alpha value is -1.80. The van der Waals surface area contributed by atoms with Gasteiger partial charge in [-0.1, -0.05) is 36.4 Å². The summed E-state index contributed by atoms with van der Waals surface area (Å²) in [6.07, 6.45) is 0. The summed E-state index contributed by atoms with van der Waals surface area (Å²) >= 11 is 5.78. The van der Waals surface area contributed by atoms with Crippen LogP contribution in [0.3, 0.4) is 0 Å². The lowest BCUT2D eigenvalue weighted by Gasteiger charge is -2.22. The van der Waals surface area contributed by atoms with E-state index in [4.69, 9.17) is 11.6 Å². The quantitative estimate of drug-likeness (QED) is 0.750. The Balaban J connectivity index is 2.16. The predicted molar refractivity (Wildman–Crippen MR) is 87.6 cm³/mol. The van der Waals surface area contributed by atoms with Crippen molar-refractivity contribution < 1.29 is 4.79 Å². The molecule has 2 rings (SSSR count). The third-order valence-electron chi connectivity index (χ3n) is 3.65. The van der Waals surface area contributed by atoms with Gasteiger partial charge in [-0.2, -0.15) is 0 Å². The second-order valence-electron chi connectivity index (χ2n) is 5.08. The van der Waals surface area contributed by atoms with Crippen molar-refractivity contribution in [3.05, 3.63) is 70.8 Å². The second-order valence-corrected chi connectivity index (χ2v) is 5.34. The van der Waals surface area contributed by atoms with Gasteiger partial charge in [0.2, 0.25) is 0 Å². The normalized spacial score (nSPS) is 10.4. The van der Waals surface area contributed by atoms with Gasteiger partial charge in [0, 0.05) is 24.5 Å². The van der Waals surface area contributed by atoms with E-state index in [1.807, 2.05) is 48.2 Å². The van der Waals surface area contributed by atoms with Crippen molar-refractivity contribution in [3.63, 3.8) is 0 Å². The molecule has 0 aromatic heterocycles.